The standard InChI is InChI=1S/C8H8N2O.C7H8N2O3/c1-10-5-9-7-4-6(11)2-3-8(7)10;1-12-5-2-3-6(8)7(4-5)9(10)11/h2-5,11H,1H3;2-4H,8H2,1H3. The Bertz CT molecular complexity index is 845. The molecule has 0 saturated heterocycles. The number of nitrogens with zero attached hydrogens (tertiary/aromatic N) is 3. The highest BCUT2D eigenvalue weighted by molar-refractivity contribution is 5.76. The molecule has 0 aliphatic rings. The Hall–Kier alpha value is -3.29. The minimum absolute atomic E-state index is 0.130. The second-order valence-electron chi connectivity index (χ2n) is 4.71. The monoisotopic (exact) mass is 316 g/mol. The molecule has 0 aliphatic carbocycles. The minimum atomic E-state index is -0.544. The molecule has 120 valence electrons. The Morgan fingerprint density at radius 3 is 2.70 bits per heavy atom. The van der Waals surface area contributed by atoms with Gasteiger partial charge in [-0.3, -0.25) is 10.1 Å². The van der Waals surface area contributed by atoms with E-state index >= 15 is 0 Å². The molecule has 3 rings (SSSR count). The lowest BCUT2D eigenvalue weighted by atomic mass is 10.2. The summed E-state index contributed by atoms with van der Waals surface area (Å²) in [5.41, 5.74) is 7.21. The number of anilines is 1. The molecule has 0 radical (unpaired) electrons. The van der Waals surface area contributed by atoms with E-state index in [2.05, 4.69) is 4.98 Å². The predicted molar refractivity (Wildman–Crippen MR) is 86.4 cm³/mol. The molecular formula is C15H16N4O4. The normalized spacial score (nSPS) is 10.0. The van der Waals surface area contributed by atoms with Gasteiger partial charge in [-0.15, -0.1) is 0 Å². The van der Waals surface area contributed by atoms with Gasteiger partial charge in [-0.1, -0.05) is 0 Å². The Morgan fingerprint density at radius 2 is 2.04 bits per heavy atom. The molecule has 3 aromatic rings. The summed E-state index contributed by atoms with van der Waals surface area (Å²) in [6, 6.07) is 9.45. The summed E-state index contributed by atoms with van der Waals surface area (Å²) < 4.78 is 6.71. The Labute approximate surface area is 131 Å². The summed E-state index contributed by atoms with van der Waals surface area (Å²) in [5, 5.41) is 19.5. The van der Waals surface area contributed by atoms with Crippen LogP contribution in [0.2, 0.25) is 0 Å². The number of benzene rings is 2. The van der Waals surface area contributed by atoms with Crippen molar-refractivity contribution >= 4 is 22.4 Å². The molecule has 0 saturated carbocycles. The number of phenols is 1. The number of rotatable bonds is 2. The number of fused-ring (bicyclic) bond motifs is 1. The number of methoxy groups -OCH3 is 1. The van der Waals surface area contributed by atoms with Gasteiger partial charge in [0, 0.05) is 13.1 Å². The van der Waals surface area contributed by atoms with Crippen molar-refractivity contribution in [2.24, 2.45) is 7.05 Å². The van der Waals surface area contributed by atoms with Crippen LogP contribution in [0.3, 0.4) is 0 Å². The third kappa shape index (κ3) is 3.67. The second kappa shape index (κ2) is 6.65. The highest BCUT2D eigenvalue weighted by atomic mass is 16.6. The van der Waals surface area contributed by atoms with E-state index in [9.17, 15) is 10.1 Å². The number of aryl methyl sites for hydroxylation is 1. The van der Waals surface area contributed by atoms with Crippen LogP contribution in [0.25, 0.3) is 11.0 Å². The number of hydrogen-bond donors (Lipinski definition) is 2. The average molecular weight is 316 g/mol. The van der Waals surface area contributed by atoms with Gasteiger partial charge in [-0.25, -0.2) is 4.98 Å². The lowest BCUT2D eigenvalue weighted by Crippen LogP contribution is -1.95. The molecule has 1 aromatic heterocycles. The van der Waals surface area contributed by atoms with E-state index in [1.54, 1.807) is 24.5 Å². The lowest BCUT2D eigenvalue weighted by Gasteiger charge is -2.00. The zero-order valence-corrected chi connectivity index (χ0v) is 12.6. The maximum absolute atomic E-state index is 10.4. The first kappa shape index (κ1) is 16.1. The van der Waals surface area contributed by atoms with Crippen molar-refractivity contribution in [1.82, 2.24) is 9.55 Å². The van der Waals surface area contributed by atoms with E-state index in [1.807, 2.05) is 17.7 Å². The molecule has 23 heavy (non-hydrogen) atoms. The molecule has 3 N–H and O–H groups in total. The molecule has 0 unspecified atom stereocenters. The third-order valence-corrected chi connectivity index (χ3v) is 3.14. The fraction of sp³-hybridized carbons (Fsp3) is 0.133. The van der Waals surface area contributed by atoms with Gasteiger partial charge in [0.15, 0.2) is 0 Å². The van der Waals surface area contributed by atoms with Crippen molar-refractivity contribution in [2.45, 2.75) is 0 Å². The van der Waals surface area contributed by atoms with Gasteiger partial charge in [0.05, 0.1) is 35.5 Å². The molecular weight excluding hydrogens is 300 g/mol. The molecule has 0 amide bonds. The van der Waals surface area contributed by atoms with E-state index in [1.165, 1.54) is 19.2 Å². The number of nitrogen functional groups attached to an aromatic ring is 1. The molecule has 8 heteroatoms. The van der Waals surface area contributed by atoms with Crippen LogP contribution in [-0.4, -0.2) is 26.7 Å². The summed E-state index contributed by atoms with van der Waals surface area (Å²) in [5.74, 6) is 0.687. The molecule has 0 aliphatic heterocycles. The highest BCUT2D eigenvalue weighted by Gasteiger charge is 2.11. The van der Waals surface area contributed by atoms with Crippen LogP contribution in [0, 0.1) is 10.1 Å². The van der Waals surface area contributed by atoms with Gasteiger partial charge in [0.1, 0.15) is 17.2 Å². The number of nitro benzene ring substituents is 1. The predicted octanol–water partition coefficient (Wildman–Crippen LogP) is 2.46. The fourth-order valence-corrected chi connectivity index (χ4v) is 1.93. The highest BCUT2D eigenvalue weighted by Crippen LogP contribution is 2.25. The lowest BCUT2D eigenvalue weighted by molar-refractivity contribution is -0.384. The first-order valence-corrected chi connectivity index (χ1v) is 6.60. The van der Waals surface area contributed by atoms with Crippen molar-refractivity contribution in [3.8, 4) is 11.5 Å². The number of aromatic hydroxyl groups is 1. The van der Waals surface area contributed by atoms with Crippen molar-refractivity contribution in [2.75, 3.05) is 12.8 Å². The molecule has 0 spiro atoms. The summed E-state index contributed by atoms with van der Waals surface area (Å²) in [4.78, 5) is 13.9. The molecule has 2 aromatic carbocycles. The first-order chi connectivity index (χ1) is 10.9. The van der Waals surface area contributed by atoms with Crippen LogP contribution in [0.15, 0.2) is 42.7 Å². The Morgan fingerprint density at radius 1 is 1.30 bits per heavy atom. The third-order valence-electron chi connectivity index (χ3n) is 3.14. The van der Waals surface area contributed by atoms with E-state index in [0.29, 0.717) is 5.75 Å². The SMILES string of the molecule is COc1ccc(N)c([N+](=O)[O-])c1.Cn1cnc2cc(O)ccc21. The Kier molecular flexibility index (Phi) is 4.65. The van der Waals surface area contributed by atoms with Crippen molar-refractivity contribution in [1.29, 1.82) is 0 Å². The molecule has 0 fully saturated rings. The zero-order valence-electron chi connectivity index (χ0n) is 12.6. The van der Waals surface area contributed by atoms with Crippen LogP contribution in [-0.2, 0) is 7.05 Å². The zero-order chi connectivity index (χ0) is 17.0. The first-order valence-electron chi connectivity index (χ1n) is 6.60. The van der Waals surface area contributed by atoms with Gasteiger partial charge in [-0.05, 0) is 24.3 Å². The maximum Gasteiger partial charge on any atom is 0.295 e. The van der Waals surface area contributed by atoms with Crippen molar-refractivity contribution < 1.29 is 14.8 Å². The van der Waals surface area contributed by atoms with Gasteiger partial charge >= 0.3 is 0 Å². The molecule has 1 heterocycles. The van der Waals surface area contributed by atoms with E-state index in [-0.39, 0.29) is 17.1 Å². The summed E-state index contributed by atoms with van der Waals surface area (Å²) in [6.07, 6.45) is 1.73. The van der Waals surface area contributed by atoms with E-state index < -0.39 is 4.92 Å². The number of nitrogens with two attached hydrogens (primary N) is 1. The fourth-order valence-electron chi connectivity index (χ4n) is 1.93. The number of hydrogen-bond acceptors (Lipinski definition) is 6. The van der Waals surface area contributed by atoms with Gasteiger partial charge < -0.3 is 20.1 Å². The minimum Gasteiger partial charge on any atom is -0.508 e. The van der Waals surface area contributed by atoms with Crippen LogP contribution in [0.1, 0.15) is 0 Å². The van der Waals surface area contributed by atoms with Gasteiger partial charge in [0.25, 0.3) is 5.69 Å². The summed E-state index contributed by atoms with van der Waals surface area (Å²) in [6.45, 7) is 0. The van der Waals surface area contributed by atoms with Crippen LogP contribution < -0.4 is 10.5 Å². The summed E-state index contributed by atoms with van der Waals surface area (Å²) >= 11 is 0. The van der Waals surface area contributed by atoms with E-state index in [4.69, 9.17) is 15.6 Å². The summed E-state index contributed by atoms with van der Waals surface area (Å²) in [7, 11) is 3.36. The number of phenolic OH excluding ortho intramolecular Hbond substituents is 1. The number of imidazole rings is 1. The molecule has 0 bridgehead atoms. The number of ether oxygens (including phenoxy) is 1. The van der Waals surface area contributed by atoms with Crippen LogP contribution in [0.5, 0.6) is 11.5 Å². The van der Waals surface area contributed by atoms with Crippen molar-refractivity contribution in [3.63, 3.8) is 0 Å². The Balaban J connectivity index is 0.000000167. The number of aromatic nitrogens is 2. The average Bonchev–Trinajstić information content (AvgIpc) is 2.88. The van der Waals surface area contributed by atoms with Crippen molar-refractivity contribution in [3.05, 3.63) is 52.8 Å². The number of nitro groups is 1. The van der Waals surface area contributed by atoms with Crippen LogP contribution >= 0.6 is 0 Å². The van der Waals surface area contributed by atoms with Gasteiger partial charge in [-0.2, -0.15) is 0 Å². The second-order valence-corrected chi connectivity index (χ2v) is 4.71. The van der Waals surface area contributed by atoms with Crippen LogP contribution in [0.4, 0.5) is 11.4 Å². The molecule has 0 atom stereocenters. The quantitative estimate of drug-likeness (QED) is 0.426. The molecule has 8 nitrogen and oxygen atoms in total. The topological polar surface area (TPSA) is 116 Å². The van der Waals surface area contributed by atoms with Gasteiger partial charge in [0.2, 0.25) is 0 Å². The smallest absolute Gasteiger partial charge is 0.295 e. The van der Waals surface area contributed by atoms with E-state index in [0.717, 1.165) is 11.0 Å². The maximum atomic E-state index is 10.4. The largest absolute Gasteiger partial charge is 0.508 e.